The highest BCUT2D eigenvalue weighted by molar-refractivity contribution is 5.98. The number of Topliss-reactive ketones (excluding diaryl/α,β-unsaturated/α-hetero) is 1. The Labute approximate surface area is 237 Å². The molecule has 5 atom stereocenters. The fraction of sp³-hybridized carbons (Fsp3) is 0.306. The summed E-state index contributed by atoms with van der Waals surface area (Å²) in [6.45, 7) is 2.39. The summed E-state index contributed by atoms with van der Waals surface area (Å²) < 4.78 is 0. The monoisotopic (exact) mass is 530 g/mol. The molecule has 4 nitrogen and oxygen atoms in total. The van der Waals surface area contributed by atoms with Gasteiger partial charge in [-0.25, -0.2) is 0 Å². The quantitative estimate of drug-likeness (QED) is 0.372. The smallest absolute Gasteiger partial charge is 0.156 e. The number of piperidine rings is 2. The highest BCUT2D eigenvalue weighted by atomic mass is 16.3. The van der Waals surface area contributed by atoms with E-state index in [1.54, 1.807) is 0 Å². The summed E-state index contributed by atoms with van der Waals surface area (Å²) in [5, 5.41) is 13.8. The van der Waals surface area contributed by atoms with Gasteiger partial charge in [-0.3, -0.25) is 4.79 Å². The SMILES string of the molecule is CN1C[C@H](c2ccccc2)C(O)([C@]2(c3ccccc3)CN(C)C[C@H](c3ccccc3)C2=O)[C@H](c2ccccc2)C1. The zero-order valence-corrected chi connectivity index (χ0v) is 23.4. The van der Waals surface area contributed by atoms with Gasteiger partial charge in [-0.1, -0.05) is 121 Å². The predicted molar refractivity (Wildman–Crippen MR) is 161 cm³/mol. The van der Waals surface area contributed by atoms with Crippen LogP contribution in [0, 0.1) is 0 Å². The van der Waals surface area contributed by atoms with Gasteiger partial charge in [0.05, 0.1) is 16.9 Å². The number of benzene rings is 4. The van der Waals surface area contributed by atoms with E-state index in [2.05, 4.69) is 72.4 Å². The van der Waals surface area contributed by atoms with Crippen molar-refractivity contribution in [2.24, 2.45) is 0 Å². The molecule has 2 saturated heterocycles. The van der Waals surface area contributed by atoms with Crippen molar-refractivity contribution < 1.29 is 9.90 Å². The summed E-state index contributed by atoms with van der Waals surface area (Å²) in [4.78, 5) is 19.9. The second kappa shape index (κ2) is 10.8. The summed E-state index contributed by atoms with van der Waals surface area (Å²) >= 11 is 0. The van der Waals surface area contributed by atoms with Gasteiger partial charge < -0.3 is 14.9 Å². The van der Waals surface area contributed by atoms with Crippen LogP contribution in [0.3, 0.4) is 0 Å². The Balaban J connectivity index is 1.66. The maximum absolute atomic E-state index is 15.3. The molecule has 2 fully saturated rings. The molecule has 0 aromatic heterocycles. The van der Waals surface area contributed by atoms with Crippen molar-refractivity contribution in [3.63, 3.8) is 0 Å². The lowest BCUT2D eigenvalue weighted by molar-refractivity contribution is -0.161. The van der Waals surface area contributed by atoms with Gasteiger partial charge in [0, 0.05) is 38.0 Å². The van der Waals surface area contributed by atoms with Crippen LogP contribution < -0.4 is 0 Å². The molecule has 204 valence electrons. The third-order valence-corrected chi connectivity index (χ3v) is 9.35. The predicted octanol–water partition coefficient (Wildman–Crippen LogP) is 5.47. The number of carbonyl (C=O) groups excluding carboxylic acids is 1. The van der Waals surface area contributed by atoms with Gasteiger partial charge in [-0.2, -0.15) is 0 Å². The largest absolute Gasteiger partial charge is 0.387 e. The van der Waals surface area contributed by atoms with Crippen molar-refractivity contribution in [3.05, 3.63) is 144 Å². The van der Waals surface area contributed by atoms with Crippen LogP contribution in [0.25, 0.3) is 0 Å². The average Bonchev–Trinajstić information content (AvgIpc) is 3.01. The van der Waals surface area contributed by atoms with Gasteiger partial charge in [0.15, 0.2) is 5.78 Å². The second-order valence-electron chi connectivity index (χ2n) is 11.8. The van der Waals surface area contributed by atoms with Crippen LogP contribution >= 0.6 is 0 Å². The number of hydrogen-bond donors (Lipinski definition) is 1. The van der Waals surface area contributed by atoms with E-state index < -0.39 is 11.0 Å². The Bertz CT molecular complexity index is 1380. The van der Waals surface area contributed by atoms with Gasteiger partial charge in [0.1, 0.15) is 0 Å². The molecule has 40 heavy (non-hydrogen) atoms. The summed E-state index contributed by atoms with van der Waals surface area (Å²) in [5.74, 6) is -0.817. The first-order valence-electron chi connectivity index (χ1n) is 14.3. The van der Waals surface area contributed by atoms with Gasteiger partial charge in [-0.05, 0) is 36.3 Å². The van der Waals surface area contributed by atoms with Crippen molar-refractivity contribution in [1.29, 1.82) is 0 Å². The molecule has 0 amide bonds. The van der Waals surface area contributed by atoms with Crippen molar-refractivity contribution in [3.8, 4) is 0 Å². The molecular weight excluding hydrogens is 492 g/mol. The van der Waals surface area contributed by atoms with E-state index in [0.29, 0.717) is 26.2 Å². The van der Waals surface area contributed by atoms with E-state index in [4.69, 9.17) is 0 Å². The second-order valence-corrected chi connectivity index (χ2v) is 11.8. The molecule has 1 N–H and O–H groups in total. The van der Waals surface area contributed by atoms with Crippen LogP contribution in [0.2, 0.25) is 0 Å². The minimum atomic E-state index is -1.40. The van der Waals surface area contributed by atoms with Gasteiger partial charge in [0.25, 0.3) is 0 Å². The molecule has 2 aliphatic rings. The zero-order chi connectivity index (χ0) is 27.7. The maximum Gasteiger partial charge on any atom is 0.156 e. The number of carbonyl (C=O) groups is 1. The van der Waals surface area contributed by atoms with E-state index in [1.165, 1.54) is 0 Å². The van der Waals surface area contributed by atoms with E-state index in [1.807, 2.05) is 72.8 Å². The fourth-order valence-electron chi connectivity index (χ4n) is 7.60. The zero-order valence-electron chi connectivity index (χ0n) is 23.4. The molecule has 0 spiro atoms. The number of likely N-dealkylation sites (N-methyl/N-ethyl adjacent to an activating group) is 2. The standard InChI is InChI=1S/C36H38N2O2/c1-37-24-32(28-17-9-4-10-18-28)36(40,33(25-37)29-19-11-5-12-20-29)35(30-21-13-6-14-22-30)26-38(2)23-31(34(35)39)27-15-7-3-8-16-27/h3-22,31-33,40H,23-26H2,1-2H3/t31-,32-,33+,35+,36?/m1/s1. The number of nitrogens with zero attached hydrogens (tertiary/aromatic N) is 2. The Hall–Kier alpha value is -3.57. The van der Waals surface area contributed by atoms with Gasteiger partial charge in [0.2, 0.25) is 0 Å². The minimum absolute atomic E-state index is 0.108. The minimum Gasteiger partial charge on any atom is -0.387 e. The fourth-order valence-corrected chi connectivity index (χ4v) is 7.60. The number of hydrogen-bond acceptors (Lipinski definition) is 4. The lowest BCUT2D eigenvalue weighted by atomic mass is 9.49. The van der Waals surface area contributed by atoms with Crippen LogP contribution in [0.1, 0.15) is 40.0 Å². The molecular formula is C36H38N2O2. The van der Waals surface area contributed by atoms with E-state index in [0.717, 1.165) is 22.3 Å². The summed E-state index contributed by atoms with van der Waals surface area (Å²) in [6, 6.07) is 40.9. The lowest BCUT2D eigenvalue weighted by Gasteiger charge is -2.61. The van der Waals surface area contributed by atoms with Gasteiger partial charge in [-0.15, -0.1) is 0 Å². The lowest BCUT2D eigenvalue weighted by Crippen LogP contribution is -2.73. The summed E-state index contributed by atoms with van der Waals surface area (Å²) in [7, 11) is 4.22. The molecule has 4 aromatic rings. The Morgan fingerprint density at radius 2 is 1.02 bits per heavy atom. The van der Waals surface area contributed by atoms with Crippen molar-refractivity contribution in [2.75, 3.05) is 40.3 Å². The summed E-state index contributed by atoms with van der Waals surface area (Å²) in [5.41, 5.74) is 1.45. The molecule has 0 aliphatic carbocycles. The third kappa shape index (κ3) is 4.32. The first-order chi connectivity index (χ1) is 19.4. The van der Waals surface area contributed by atoms with E-state index in [9.17, 15) is 5.11 Å². The molecule has 0 bridgehead atoms. The number of ketones is 1. The first-order valence-corrected chi connectivity index (χ1v) is 14.3. The average molecular weight is 531 g/mol. The highest BCUT2D eigenvalue weighted by Gasteiger charge is 2.67. The van der Waals surface area contributed by atoms with Gasteiger partial charge >= 0.3 is 0 Å². The molecule has 0 radical (unpaired) electrons. The number of likely N-dealkylation sites (tertiary alicyclic amines) is 2. The molecule has 2 aliphatic heterocycles. The summed E-state index contributed by atoms with van der Waals surface area (Å²) in [6.07, 6.45) is 0. The molecule has 1 unspecified atom stereocenters. The van der Waals surface area contributed by atoms with E-state index in [-0.39, 0.29) is 23.5 Å². The molecule has 6 rings (SSSR count). The maximum atomic E-state index is 15.3. The molecule has 2 heterocycles. The topological polar surface area (TPSA) is 43.8 Å². The van der Waals surface area contributed by atoms with Crippen LogP contribution in [0.4, 0.5) is 0 Å². The third-order valence-electron chi connectivity index (χ3n) is 9.35. The van der Waals surface area contributed by atoms with Crippen LogP contribution in [-0.2, 0) is 10.2 Å². The number of aliphatic hydroxyl groups is 1. The van der Waals surface area contributed by atoms with Crippen molar-refractivity contribution >= 4 is 5.78 Å². The first kappa shape index (κ1) is 26.6. The van der Waals surface area contributed by atoms with E-state index >= 15 is 4.79 Å². The molecule has 0 saturated carbocycles. The van der Waals surface area contributed by atoms with Crippen molar-refractivity contribution in [1.82, 2.24) is 9.80 Å². The van der Waals surface area contributed by atoms with Crippen molar-refractivity contribution in [2.45, 2.75) is 28.8 Å². The Kier molecular flexibility index (Phi) is 7.18. The molecule has 4 aromatic carbocycles. The Morgan fingerprint density at radius 3 is 1.50 bits per heavy atom. The number of rotatable bonds is 5. The van der Waals surface area contributed by atoms with Crippen LogP contribution in [0.5, 0.6) is 0 Å². The van der Waals surface area contributed by atoms with Crippen LogP contribution in [0.15, 0.2) is 121 Å². The Morgan fingerprint density at radius 1 is 0.600 bits per heavy atom. The normalized spacial score (nSPS) is 29.8. The highest BCUT2D eigenvalue weighted by Crippen LogP contribution is 2.57. The van der Waals surface area contributed by atoms with Crippen LogP contribution in [-0.4, -0.2) is 66.6 Å². The molecule has 4 heteroatoms.